The highest BCUT2D eigenvalue weighted by atomic mass is 19.4. The molecule has 0 atom stereocenters. The number of carbonyl (C=O) groups is 1. The fourth-order valence-electron chi connectivity index (χ4n) is 2.77. The molecular weight excluding hydrogens is 413 g/mol. The minimum absolute atomic E-state index is 0.509. The second-order valence-corrected chi connectivity index (χ2v) is 6.83. The number of aryl methyl sites for hydroxylation is 1. The van der Waals surface area contributed by atoms with Gasteiger partial charge in [-0.15, -0.1) is 0 Å². The van der Waals surface area contributed by atoms with Crippen LogP contribution in [0.15, 0.2) is 48.7 Å². The van der Waals surface area contributed by atoms with Gasteiger partial charge in [0.15, 0.2) is 0 Å². The number of carboxylic acid groups (broad SMARTS) is 1. The van der Waals surface area contributed by atoms with Crippen molar-refractivity contribution < 1.29 is 23.1 Å². The lowest BCUT2D eigenvalue weighted by Gasteiger charge is -2.26. The zero-order valence-electron chi connectivity index (χ0n) is 16.6. The molecule has 3 aromatic rings. The second-order valence-electron chi connectivity index (χ2n) is 6.83. The molecule has 0 unspecified atom stereocenters. The number of anilines is 1. The van der Waals surface area contributed by atoms with E-state index in [9.17, 15) is 13.2 Å². The number of hydrogen-bond donors (Lipinski definition) is 3. The van der Waals surface area contributed by atoms with Crippen molar-refractivity contribution in [1.29, 1.82) is 0 Å². The number of alkyl halides is 3. The number of benzene rings is 1. The minimum atomic E-state index is -5.08. The molecule has 31 heavy (non-hydrogen) atoms. The van der Waals surface area contributed by atoms with Crippen molar-refractivity contribution in [2.75, 3.05) is 18.4 Å². The Balaban J connectivity index is 0.000000339. The van der Waals surface area contributed by atoms with E-state index in [0.29, 0.717) is 18.4 Å². The Morgan fingerprint density at radius 3 is 2.52 bits per heavy atom. The van der Waals surface area contributed by atoms with E-state index in [2.05, 4.69) is 43.9 Å². The van der Waals surface area contributed by atoms with Crippen LogP contribution in [0.3, 0.4) is 0 Å². The van der Waals surface area contributed by atoms with Crippen molar-refractivity contribution in [1.82, 2.24) is 25.1 Å². The lowest BCUT2D eigenvalue weighted by molar-refractivity contribution is -0.192. The summed E-state index contributed by atoms with van der Waals surface area (Å²) in [4.78, 5) is 17.8. The van der Waals surface area contributed by atoms with Crippen LogP contribution in [0.5, 0.6) is 0 Å². The molecule has 0 bridgehead atoms. The summed E-state index contributed by atoms with van der Waals surface area (Å²) >= 11 is 0. The van der Waals surface area contributed by atoms with Crippen molar-refractivity contribution in [3.8, 4) is 11.3 Å². The maximum atomic E-state index is 10.6. The van der Waals surface area contributed by atoms with Crippen molar-refractivity contribution >= 4 is 11.9 Å². The number of nitrogens with zero attached hydrogens (tertiary/aromatic N) is 4. The maximum absolute atomic E-state index is 10.6. The molecule has 1 saturated heterocycles. The number of hydrogen-bond acceptors (Lipinski definition) is 6. The highest BCUT2D eigenvalue weighted by Gasteiger charge is 2.38. The summed E-state index contributed by atoms with van der Waals surface area (Å²) in [6.45, 7) is 2.64. The van der Waals surface area contributed by atoms with Gasteiger partial charge in [-0.05, 0) is 12.1 Å². The molecule has 0 aliphatic carbocycles. The zero-order chi connectivity index (χ0) is 22.4. The Hall–Kier alpha value is -3.47. The molecule has 0 spiro atoms. The first-order valence-corrected chi connectivity index (χ1v) is 9.40. The molecule has 0 amide bonds. The van der Waals surface area contributed by atoms with Gasteiger partial charge in [-0.1, -0.05) is 30.3 Å². The number of nitrogens with one attached hydrogen (secondary N) is 2. The summed E-state index contributed by atoms with van der Waals surface area (Å²) in [6.07, 6.45) is -3.26. The highest BCUT2D eigenvalue weighted by molar-refractivity contribution is 5.73. The highest BCUT2D eigenvalue weighted by Crippen LogP contribution is 2.20. The van der Waals surface area contributed by atoms with Gasteiger partial charge in [0, 0.05) is 37.8 Å². The lowest BCUT2D eigenvalue weighted by Crippen LogP contribution is -2.40. The molecule has 0 radical (unpaired) electrons. The fraction of sp³-hybridized carbons (Fsp3) is 0.300. The van der Waals surface area contributed by atoms with Crippen LogP contribution in [0.25, 0.3) is 11.3 Å². The predicted octanol–water partition coefficient (Wildman–Crippen LogP) is 2.81. The topological polar surface area (TPSA) is 105 Å². The number of carboxylic acids is 1. The lowest BCUT2D eigenvalue weighted by atomic mass is 9.99. The number of aromatic nitrogens is 4. The van der Waals surface area contributed by atoms with Gasteiger partial charge in [0.25, 0.3) is 0 Å². The van der Waals surface area contributed by atoms with E-state index in [-0.39, 0.29) is 0 Å². The smallest absolute Gasteiger partial charge is 0.475 e. The second kappa shape index (κ2) is 9.56. The SMILES string of the molecule is Cn1nc(-c2ccccc2)cc1CNc1nccc(C2CNC2)n1.O=C(O)C(F)(F)F. The summed E-state index contributed by atoms with van der Waals surface area (Å²) in [5, 5.41) is 18.3. The third-order valence-corrected chi connectivity index (χ3v) is 4.59. The van der Waals surface area contributed by atoms with Crippen LogP contribution >= 0.6 is 0 Å². The Morgan fingerprint density at radius 1 is 1.26 bits per heavy atom. The van der Waals surface area contributed by atoms with E-state index in [1.807, 2.05) is 42.2 Å². The third kappa shape index (κ3) is 6.01. The maximum Gasteiger partial charge on any atom is 0.490 e. The van der Waals surface area contributed by atoms with Crippen LogP contribution in [-0.2, 0) is 18.4 Å². The van der Waals surface area contributed by atoms with E-state index < -0.39 is 12.1 Å². The Kier molecular flexibility index (Phi) is 6.85. The predicted molar refractivity (Wildman–Crippen MR) is 107 cm³/mol. The van der Waals surface area contributed by atoms with Gasteiger partial charge in [0.2, 0.25) is 5.95 Å². The van der Waals surface area contributed by atoms with E-state index in [4.69, 9.17) is 9.90 Å². The summed E-state index contributed by atoms with van der Waals surface area (Å²) < 4.78 is 33.6. The van der Waals surface area contributed by atoms with Crippen molar-refractivity contribution in [3.63, 3.8) is 0 Å². The molecule has 164 valence electrons. The van der Waals surface area contributed by atoms with Crippen molar-refractivity contribution in [3.05, 3.63) is 60.0 Å². The summed E-state index contributed by atoms with van der Waals surface area (Å²) in [5.41, 5.74) is 4.29. The van der Waals surface area contributed by atoms with Gasteiger partial charge in [-0.3, -0.25) is 4.68 Å². The molecule has 0 saturated carbocycles. The first kappa shape index (κ1) is 22.2. The molecule has 1 aromatic carbocycles. The fourth-order valence-corrected chi connectivity index (χ4v) is 2.77. The molecule has 2 aromatic heterocycles. The molecule has 1 aliphatic rings. The normalized spacial score (nSPS) is 13.7. The van der Waals surface area contributed by atoms with E-state index in [1.165, 1.54) is 0 Å². The average Bonchev–Trinajstić information content (AvgIpc) is 3.07. The molecule has 8 nitrogen and oxygen atoms in total. The molecule has 1 aliphatic heterocycles. The van der Waals surface area contributed by atoms with Gasteiger partial charge in [-0.2, -0.15) is 18.3 Å². The van der Waals surface area contributed by atoms with Crippen LogP contribution in [0.4, 0.5) is 19.1 Å². The molecule has 11 heteroatoms. The first-order valence-electron chi connectivity index (χ1n) is 9.40. The first-order chi connectivity index (χ1) is 14.7. The van der Waals surface area contributed by atoms with Gasteiger partial charge in [0.1, 0.15) is 0 Å². The monoisotopic (exact) mass is 434 g/mol. The molecule has 3 heterocycles. The Morgan fingerprint density at radius 2 is 1.94 bits per heavy atom. The van der Waals surface area contributed by atoms with E-state index in [1.54, 1.807) is 0 Å². The molecule has 1 fully saturated rings. The van der Waals surface area contributed by atoms with Gasteiger partial charge in [0.05, 0.1) is 23.6 Å². The summed E-state index contributed by atoms with van der Waals surface area (Å²) in [6, 6.07) is 14.3. The van der Waals surface area contributed by atoms with Crippen molar-refractivity contribution in [2.24, 2.45) is 7.05 Å². The zero-order valence-corrected chi connectivity index (χ0v) is 16.6. The molecular formula is C20H21F3N6O2. The van der Waals surface area contributed by atoms with E-state index >= 15 is 0 Å². The number of halogens is 3. The van der Waals surface area contributed by atoms with Crippen LogP contribution in [0.1, 0.15) is 17.3 Å². The van der Waals surface area contributed by atoms with Gasteiger partial charge >= 0.3 is 12.1 Å². The van der Waals surface area contributed by atoms with Crippen LogP contribution in [0, 0.1) is 0 Å². The average molecular weight is 434 g/mol. The summed E-state index contributed by atoms with van der Waals surface area (Å²) in [7, 11) is 1.96. The summed E-state index contributed by atoms with van der Waals surface area (Å²) in [5.74, 6) is -1.58. The van der Waals surface area contributed by atoms with Crippen LogP contribution < -0.4 is 10.6 Å². The van der Waals surface area contributed by atoms with Crippen molar-refractivity contribution in [2.45, 2.75) is 18.6 Å². The third-order valence-electron chi connectivity index (χ3n) is 4.59. The van der Waals surface area contributed by atoms with Crippen LogP contribution in [-0.4, -0.2) is 50.1 Å². The quantitative estimate of drug-likeness (QED) is 0.567. The van der Waals surface area contributed by atoms with E-state index in [0.717, 1.165) is 35.7 Å². The Labute approximate surface area is 176 Å². The Bertz CT molecular complexity index is 1020. The van der Waals surface area contributed by atoms with Gasteiger partial charge < -0.3 is 15.7 Å². The standard InChI is InChI=1S/C18H20N6.C2HF3O2/c1-24-15(9-17(23-24)13-5-3-2-4-6-13)12-21-18-20-8-7-16(22-18)14-10-19-11-14;3-2(4,5)1(6)7/h2-9,14,19H,10-12H2,1H3,(H,20,21,22);(H,6,7). The minimum Gasteiger partial charge on any atom is -0.475 e. The number of aliphatic carboxylic acids is 1. The molecule has 3 N–H and O–H groups in total. The largest absolute Gasteiger partial charge is 0.490 e. The van der Waals surface area contributed by atoms with Crippen LogP contribution in [0.2, 0.25) is 0 Å². The van der Waals surface area contributed by atoms with Gasteiger partial charge in [-0.25, -0.2) is 14.8 Å². The number of rotatable bonds is 5. The molecule has 4 rings (SSSR count).